The topological polar surface area (TPSA) is 61.4 Å². The van der Waals surface area contributed by atoms with Crippen LogP contribution in [-0.2, 0) is 11.8 Å². The predicted octanol–water partition coefficient (Wildman–Crippen LogP) is 2.95. The number of halogens is 1. The third-order valence-electron chi connectivity index (χ3n) is 3.33. The van der Waals surface area contributed by atoms with Gasteiger partial charge in [-0.2, -0.15) is 0 Å². The number of hydrogen-bond acceptors (Lipinski definition) is 4. The molecule has 1 aromatic carbocycles. The standard InChI is InChI=1S/C16H12FNO4/c1-18-8-11(10-4-2-3-5-13(10)18)14(19)9-22-16(20)15-12(17)6-7-21-15/h2-8H,9H2,1H3. The van der Waals surface area contributed by atoms with E-state index in [1.54, 1.807) is 6.20 Å². The molecule has 22 heavy (non-hydrogen) atoms. The Kier molecular flexibility index (Phi) is 3.50. The molecule has 0 saturated carbocycles. The Morgan fingerprint density at radius 3 is 2.77 bits per heavy atom. The van der Waals surface area contributed by atoms with Gasteiger partial charge in [0.15, 0.2) is 12.4 Å². The van der Waals surface area contributed by atoms with Crippen LogP contribution in [0.2, 0.25) is 0 Å². The summed E-state index contributed by atoms with van der Waals surface area (Å²) in [5.74, 6) is -2.72. The Morgan fingerprint density at radius 1 is 1.27 bits per heavy atom. The average molecular weight is 301 g/mol. The van der Waals surface area contributed by atoms with Gasteiger partial charge in [0.25, 0.3) is 0 Å². The molecule has 0 unspecified atom stereocenters. The van der Waals surface area contributed by atoms with Crippen molar-refractivity contribution in [3.63, 3.8) is 0 Å². The normalized spacial score (nSPS) is 10.8. The SMILES string of the molecule is Cn1cc(C(=O)COC(=O)c2occc2F)c2ccccc21. The minimum Gasteiger partial charge on any atom is -0.455 e. The summed E-state index contributed by atoms with van der Waals surface area (Å²) >= 11 is 0. The summed E-state index contributed by atoms with van der Waals surface area (Å²) in [6.07, 6.45) is 2.72. The molecule has 0 bridgehead atoms. The van der Waals surface area contributed by atoms with Gasteiger partial charge in [0, 0.05) is 35.8 Å². The minimum atomic E-state index is -1.00. The van der Waals surface area contributed by atoms with Crippen LogP contribution in [0.5, 0.6) is 0 Å². The zero-order chi connectivity index (χ0) is 15.7. The molecule has 0 atom stereocenters. The second kappa shape index (κ2) is 5.48. The fraction of sp³-hybridized carbons (Fsp3) is 0.125. The van der Waals surface area contributed by atoms with Crippen LogP contribution in [0.15, 0.2) is 47.2 Å². The number of aryl methyl sites for hydroxylation is 1. The summed E-state index contributed by atoms with van der Waals surface area (Å²) in [6, 6.07) is 8.40. The summed E-state index contributed by atoms with van der Waals surface area (Å²) in [7, 11) is 1.82. The van der Waals surface area contributed by atoms with Crippen molar-refractivity contribution < 1.29 is 23.1 Å². The van der Waals surface area contributed by atoms with E-state index in [9.17, 15) is 14.0 Å². The first-order valence-corrected chi connectivity index (χ1v) is 6.55. The highest BCUT2D eigenvalue weighted by molar-refractivity contribution is 6.09. The molecular weight excluding hydrogens is 289 g/mol. The molecule has 6 heteroatoms. The summed E-state index contributed by atoms with van der Waals surface area (Å²) < 4.78 is 24.5. The minimum absolute atomic E-state index is 0.364. The molecule has 0 aliphatic heterocycles. The predicted molar refractivity (Wildman–Crippen MR) is 76.2 cm³/mol. The summed E-state index contributed by atoms with van der Waals surface area (Å²) in [6.45, 7) is -0.479. The molecule has 0 aliphatic carbocycles. The van der Waals surface area contributed by atoms with Crippen LogP contribution < -0.4 is 0 Å². The second-order valence-electron chi connectivity index (χ2n) is 4.77. The molecule has 3 rings (SSSR count). The lowest BCUT2D eigenvalue weighted by Gasteiger charge is -2.02. The highest BCUT2D eigenvalue weighted by atomic mass is 19.1. The van der Waals surface area contributed by atoms with Crippen LogP contribution in [0.1, 0.15) is 20.9 Å². The van der Waals surface area contributed by atoms with E-state index in [2.05, 4.69) is 4.42 Å². The van der Waals surface area contributed by atoms with Crippen molar-refractivity contribution in [2.75, 3.05) is 6.61 Å². The maximum atomic E-state index is 13.2. The van der Waals surface area contributed by atoms with E-state index in [0.29, 0.717) is 5.56 Å². The molecular formula is C16H12FNO4. The van der Waals surface area contributed by atoms with Crippen LogP contribution >= 0.6 is 0 Å². The van der Waals surface area contributed by atoms with Gasteiger partial charge in [-0.25, -0.2) is 9.18 Å². The van der Waals surface area contributed by atoms with E-state index in [4.69, 9.17) is 4.74 Å². The Balaban J connectivity index is 1.77. The van der Waals surface area contributed by atoms with Gasteiger partial charge in [-0.1, -0.05) is 18.2 Å². The number of furan rings is 1. The van der Waals surface area contributed by atoms with Gasteiger partial charge < -0.3 is 13.7 Å². The van der Waals surface area contributed by atoms with E-state index < -0.39 is 24.2 Å². The van der Waals surface area contributed by atoms with Crippen molar-refractivity contribution in [1.29, 1.82) is 0 Å². The number of carbonyl (C=O) groups excluding carboxylic acids is 2. The number of para-hydroxylation sites is 1. The van der Waals surface area contributed by atoms with Crippen LogP contribution in [0.3, 0.4) is 0 Å². The van der Waals surface area contributed by atoms with E-state index in [1.165, 1.54) is 0 Å². The fourth-order valence-electron chi connectivity index (χ4n) is 2.28. The largest absolute Gasteiger partial charge is 0.455 e. The lowest BCUT2D eigenvalue weighted by atomic mass is 10.1. The number of rotatable bonds is 4. The number of esters is 1. The first-order valence-electron chi connectivity index (χ1n) is 6.55. The van der Waals surface area contributed by atoms with Gasteiger partial charge >= 0.3 is 5.97 Å². The monoisotopic (exact) mass is 301 g/mol. The third kappa shape index (κ3) is 2.39. The molecule has 112 valence electrons. The zero-order valence-corrected chi connectivity index (χ0v) is 11.7. The lowest BCUT2D eigenvalue weighted by Crippen LogP contribution is -2.14. The number of aromatic nitrogens is 1. The first-order chi connectivity index (χ1) is 10.6. The number of ketones is 1. The van der Waals surface area contributed by atoms with Crippen molar-refractivity contribution in [2.24, 2.45) is 7.05 Å². The van der Waals surface area contributed by atoms with Gasteiger partial charge in [-0.15, -0.1) is 0 Å². The highest BCUT2D eigenvalue weighted by Gasteiger charge is 2.20. The second-order valence-corrected chi connectivity index (χ2v) is 4.77. The van der Waals surface area contributed by atoms with Crippen LogP contribution in [0.25, 0.3) is 10.9 Å². The molecule has 0 saturated heterocycles. The Bertz CT molecular complexity index is 862. The summed E-state index contributed by atoms with van der Waals surface area (Å²) in [5.41, 5.74) is 1.35. The molecule has 0 spiro atoms. The molecule has 0 N–H and O–H groups in total. The van der Waals surface area contributed by atoms with E-state index in [-0.39, 0.29) is 5.78 Å². The summed E-state index contributed by atoms with van der Waals surface area (Å²) in [4.78, 5) is 23.8. The highest BCUT2D eigenvalue weighted by Crippen LogP contribution is 2.21. The maximum Gasteiger partial charge on any atom is 0.377 e. The van der Waals surface area contributed by atoms with Gasteiger partial charge in [-0.05, 0) is 6.07 Å². The number of Topliss-reactive ketones (excluding diaryl/α,β-unsaturated/α-hetero) is 1. The molecule has 0 amide bonds. The molecule has 0 fully saturated rings. The van der Waals surface area contributed by atoms with Gasteiger partial charge in [-0.3, -0.25) is 4.79 Å². The van der Waals surface area contributed by atoms with Crippen molar-refractivity contribution in [3.8, 4) is 0 Å². The first kappa shape index (κ1) is 14.1. The molecule has 3 aromatic rings. The number of hydrogen-bond donors (Lipinski definition) is 0. The third-order valence-corrected chi connectivity index (χ3v) is 3.33. The number of fused-ring (bicyclic) bond motifs is 1. The van der Waals surface area contributed by atoms with Gasteiger partial charge in [0.1, 0.15) is 0 Å². The van der Waals surface area contributed by atoms with Crippen molar-refractivity contribution in [3.05, 3.63) is 59.9 Å². The molecule has 5 nitrogen and oxygen atoms in total. The zero-order valence-electron chi connectivity index (χ0n) is 11.7. The smallest absolute Gasteiger partial charge is 0.377 e. The molecule has 0 radical (unpaired) electrons. The van der Waals surface area contributed by atoms with Gasteiger partial charge in [0.2, 0.25) is 11.5 Å². The van der Waals surface area contributed by atoms with Gasteiger partial charge in [0.05, 0.1) is 6.26 Å². The number of nitrogens with zero attached hydrogens (tertiary/aromatic N) is 1. The van der Waals surface area contributed by atoms with Crippen LogP contribution in [0, 0.1) is 5.82 Å². The Labute approximate surface area is 124 Å². The Morgan fingerprint density at radius 2 is 2.05 bits per heavy atom. The quantitative estimate of drug-likeness (QED) is 0.549. The fourth-order valence-corrected chi connectivity index (χ4v) is 2.28. The number of carbonyl (C=O) groups is 2. The maximum absolute atomic E-state index is 13.2. The average Bonchev–Trinajstić information content (AvgIpc) is 3.09. The lowest BCUT2D eigenvalue weighted by molar-refractivity contribution is 0.0438. The molecule has 2 heterocycles. The van der Waals surface area contributed by atoms with E-state index in [1.807, 2.05) is 35.9 Å². The van der Waals surface area contributed by atoms with E-state index >= 15 is 0 Å². The van der Waals surface area contributed by atoms with Crippen LogP contribution in [-0.4, -0.2) is 22.9 Å². The van der Waals surface area contributed by atoms with Crippen LogP contribution in [0.4, 0.5) is 4.39 Å². The number of benzene rings is 1. The molecule has 0 aliphatic rings. The molecule has 2 aromatic heterocycles. The Hall–Kier alpha value is -2.89. The van der Waals surface area contributed by atoms with Crippen molar-refractivity contribution in [2.45, 2.75) is 0 Å². The number of ether oxygens (including phenoxy) is 1. The summed E-state index contributed by atoms with van der Waals surface area (Å²) in [5, 5.41) is 0.773. The van der Waals surface area contributed by atoms with E-state index in [0.717, 1.165) is 23.2 Å². The van der Waals surface area contributed by atoms with Crippen molar-refractivity contribution >= 4 is 22.7 Å². The van der Waals surface area contributed by atoms with Crippen molar-refractivity contribution in [1.82, 2.24) is 4.57 Å².